The number of carbonyl (C=O) groups is 1. The van der Waals surface area contributed by atoms with Gasteiger partial charge in [-0.1, -0.05) is 23.5 Å². The molecule has 30 heavy (non-hydrogen) atoms. The molecule has 152 valence electrons. The summed E-state index contributed by atoms with van der Waals surface area (Å²) in [5.74, 6) is -0.580. The largest absolute Gasteiger partial charge is 0.465 e. The van der Waals surface area contributed by atoms with E-state index in [-0.39, 0.29) is 11.8 Å². The Hall–Kier alpha value is -3.26. The zero-order valence-corrected chi connectivity index (χ0v) is 17.1. The van der Waals surface area contributed by atoms with Crippen molar-refractivity contribution in [3.05, 3.63) is 75.7 Å². The standard InChI is InChI=1S/C22H19FN4O2S/c1-29-21(28)14-4-7-18-16(11-14)17-12-27(9-8-19(17)24-18)22-26-25-20(30-22)10-13-2-5-15(23)6-3-13/h2-7,11,24H,8-10,12H2,1H3. The van der Waals surface area contributed by atoms with Crippen LogP contribution in [0.25, 0.3) is 10.9 Å². The van der Waals surface area contributed by atoms with Gasteiger partial charge in [0.15, 0.2) is 0 Å². The van der Waals surface area contributed by atoms with Crippen molar-refractivity contribution in [2.24, 2.45) is 0 Å². The molecule has 3 heterocycles. The van der Waals surface area contributed by atoms with E-state index in [0.717, 1.165) is 39.6 Å². The van der Waals surface area contributed by atoms with Gasteiger partial charge < -0.3 is 14.6 Å². The normalized spacial score (nSPS) is 13.5. The zero-order valence-electron chi connectivity index (χ0n) is 16.3. The number of fused-ring (bicyclic) bond motifs is 3. The lowest BCUT2D eigenvalue weighted by molar-refractivity contribution is 0.0601. The summed E-state index contributed by atoms with van der Waals surface area (Å²) in [7, 11) is 1.39. The predicted molar refractivity (Wildman–Crippen MR) is 114 cm³/mol. The van der Waals surface area contributed by atoms with E-state index in [1.54, 1.807) is 29.5 Å². The van der Waals surface area contributed by atoms with Gasteiger partial charge in [-0.3, -0.25) is 0 Å². The lowest BCUT2D eigenvalue weighted by atomic mass is 10.0. The van der Waals surface area contributed by atoms with E-state index >= 15 is 0 Å². The molecule has 1 N–H and O–H groups in total. The molecule has 2 aromatic carbocycles. The molecule has 0 aliphatic carbocycles. The van der Waals surface area contributed by atoms with Crippen LogP contribution in [-0.4, -0.2) is 34.8 Å². The summed E-state index contributed by atoms with van der Waals surface area (Å²) >= 11 is 1.56. The number of carbonyl (C=O) groups excluding carboxylic acids is 1. The van der Waals surface area contributed by atoms with Gasteiger partial charge in [0.1, 0.15) is 10.8 Å². The molecule has 0 atom stereocenters. The number of halogens is 1. The molecule has 1 aliphatic rings. The number of hydrogen-bond donors (Lipinski definition) is 1. The van der Waals surface area contributed by atoms with E-state index in [0.29, 0.717) is 18.5 Å². The highest BCUT2D eigenvalue weighted by atomic mass is 32.1. The number of esters is 1. The minimum atomic E-state index is -0.339. The summed E-state index contributed by atoms with van der Waals surface area (Å²) in [5.41, 5.74) is 4.94. The van der Waals surface area contributed by atoms with E-state index in [2.05, 4.69) is 20.1 Å². The molecule has 6 nitrogen and oxygen atoms in total. The molecule has 1 aliphatic heterocycles. The number of methoxy groups -OCH3 is 1. The van der Waals surface area contributed by atoms with Crippen LogP contribution < -0.4 is 4.90 Å². The van der Waals surface area contributed by atoms with Crippen molar-refractivity contribution in [1.82, 2.24) is 15.2 Å². The van der Waals surface area contributed by atoms with Crippen LogP contribution in [0.3, 0.4) is 0 Å². The molecule has 0 unspecified atom stereocenters. The number of anilines is 1. The molecule has 2 aromatic heterocycles. The number of ether oxygens (including phenoxy) is 1. The average Bonchev–Trinajstić information content (AvgIpc) is 3.38. The molecule has 0 amide bonds. The number of nitrogens with one attached hydrogen (secondary N) is 1. The summed E-state index contributed by atoms with van der Waals surface area (Å²) in [6.07, 6.45) is 1.50. The molecule has 5 rings (SSSR count). The molecule has 0 radical (unpaired) electrons. The SMILES string of the molecule is COC(=O)c1ccc2[nH]c3c(c2c1)CN(c1nnc(Cc2ccc(F)cc2)s1)CC3. The number of aromatic nitrogens is 3. The van der Waals surface area contributed by atoms with Crippen molar-refractivity contribution in [2.45, 2.75) is 19.4 Å². The first-order valence-corrected chi connectivity index (χ1v) is 10.5. The third kappa shape index (κ3) is 3.43. The van der Waals surface area contributed by atoms with Gasteiger partial charge in [0.25, 0.3) is 0 Å². The van der Waals surface area contributed by atoms with Crippen LogP contribution in [0.5, 0.6) is 0 Å². The van der Waals surface area contributed by atoms with Crippen LogP contribution in [0.2, 0.25) is 0 Å². The molecular weight excluding hydrogens is 403 g/mol. The molecule has 0 spiro atoms. The maximum atomic E-state index is 13.1. The first kappa shape index (κ1) is 18.7. The van der Waals surface area contributed by atoms with Crippen molar-refractivity contribution < 1.29 is 13.9 Å². The van der Waals surface area contributed by atoms with Crippen molar-refractivity contribution in [3.8, 4) is 0 Å². The number of benzene rings is 2. The van der Waals surface area contributed by atoms with Crippen LogP contribution in [-0.2, 0) is 24.1 Å². The van der Waals surface area contributed by atoms with Crippen molar-refractivity contribution in [2.75, 3.05) is 18.6 Å². The third-order valence-electron chi connectivity index (χ3n) is 5.39. The fraction of sp³-hybridized carbons (Fsp3) is 0.227. The topological polar surface area (TPSA) is 71.1 Å². The minimum absolute atomic E-state index is 0.241. The van der Waals surface area contributed by atoms with Crippen LogP contribution in [0, 0.1) is 5.82 Å². The Bertz CT molecular complexity index is 1230. The van der Waals surface area contributed by atoms with Crippen molar-refractivity contribution in [3.63, 3.8) is 0 Å². The van der Waals surface area contributed by atoms with Gasteiger partial charge in [-0.15, -0.1) is 10.2 Å². The van der Waals surface area contributed by atoms with Gasteiger partial charge in [0.05, 0.1) is 12.7 Å². The minimum Gasteiger partial charge on any atom is -0.465 e. The Balaban J connectivity index is 1.39. The fourth-order valence-electron chi connectivity index (χ4n) is 3.84. The van der Waals surface area contributed by atoms with E-state index in [1.165, 1.54) is 30.5 Å². The molecule has 0 saturated carbocycles. The lowest BCUT2D eigenvalue weighted by Crippen LogP contribution is -2.29. The Kier molecular flexibility index (Phi) is 4.71. The van der Waals surface area contributed by atoms with Gasteiger partial charge in [-0.25, -0.2) is 9.18 Å². The van der Waals surface area contributed by atoms with Gasteiger partial charge in [-0.05, 0) is 35.9 Å². The Morgan fingerprint density at radius 1 is 1.23 bits per heavy atom. The van der Waals surface area contributed by atoms with Gasteiger partial charge in [0.2, 0.25) is 5.13 Å². The monoisotopic (exact) mass is 422 g/mol. The summed E-state index contributed by atoms with van der Waals surface area (Å²) in [6, 6.07) is 12.1. The second-order valence-corrected chi connectivity index (χ2v) is 8.33. The second-order valence-electron chi connectivity index (χ2n) is 7.29. The number of aromatic amines is 1. The smallest absolute Gasteiger partial charge is 0.337 e. The third-order valence-corrected chi connectivity index (χ3v) is 6.38. The van der Waals surface area contributed by atoms with E-state index in [4.69, 9.17) is 4.74 Å². The molecule has 4 aromatic rings. The maximum absolute atomic E-state index is 13.1. The van der Waals surface area contributed by atoms with Crippen molar-refractivity contribution in [1.29, 1.82) is 0 Å². The van der Waals surface area contributed by atoms with Crippen molar-refractivity contribution >= 4 is 33.3 Å². The molecule has 0 saturated heterocycles. The second kappa shape index (κ2) is 7.53. The number of nitrogens with zero attached hydrogens (tertiary/aromatic N) is 3. The van der Waals surface area contributed by atoms with Gasteiger partial charge in [-0.2, -0.15) is 0 Å². The van der Waals surface area contributed by atoms with Gasteiger partial charge in [0, 0.05) is 48.1 Å². The summed E-state index contributed by atoms with van der Waals surface area (Å²) < 4.78 is 18.0. The lowest BCUT2D eigenvalue weighted by Gasteiger charge is -2.26. The highest BCUT2D eigenvalue weighted by Crippen LogP contribution is 2.32. The summed E-state index contributed by atoms with van der Waals surface area (Å²) in [5, 5.41) is 11.5. The fourth-order valence-corrected chi connectivity index (χ4v) is 4.74. The number of rotatable bonds is 4. The number of hydrogen-bond acceptors (Lipinski definition) is 6. The van der Waals surface area contributed by atoms with E-state index < -0.39 is 0 Å². The zero-order chi connectivity index (χ0) is 20.7. The summed E-state index contributed by atoms with van der Waals surface area (Å²) in [4.78, 5) is 17.6. The van der Waals surface area contributed by atoms with Crippen LogP contribution in [0.4, 0.5) is 9.52 Å². The summed E-state index contributed by atoms with van der Waals surface area (Å²) in [6.45, 7) is 1.54. The first-order valence-electron chi connectivity index (χ1n) is 9.64. The van der Waals surface area contributed by atoms with Crippen LogP contribution in [0.15, 0.2) is 42.5 Å². The molecule has 0 bridgehead atoms. The molecule has 0 fully saturated rings. The van der Waals surface area contributed by atoms with E-state index in [9.17, 15) is 9.18 Å². The van der Waals surface area contributed by atoms with Crippen LogP contribution in [0.1, 0.15) is 32.2 Å². The Morgan fingerprint density at radius 2 is 2.07 bits per heavy atom. The first-order chi connectivity index (χ1) is 14.6. The quantitative estimate of drug-likeness (QED) is 0.502. The van der Waals surface area contributed by atoms with Crippen LogP contribution >= 0.6 is 11.3 Å². The molecule has 8 heteroatoms. The molecular formula is C22H19FN4O2S. The Morgan fingerprint density at radius 3 is 2.87 bits per heavy atom. The number of H-pyrrole nitrogens is 1. The van der Waals surface area contributed by atoms with Gasteiger partial charge >= 0.3 is 5.97 Å². The predicted octanol–water partition coefficient (Wildman–Crippen LogP) is 4.10. The average molecular weight is 422 g/mol. The van der Waals surface area contributed by atoms with E-state index in [1.807, 2.05) is 12.1 Å². The Labute approximate surface area is 176 Å². The highest BCUT2D eigenvalue weighted by Gasteiger charge is 2.24. The maximum Gasteiger partial charge on any atom is 0.337 e. The highest BCUT2D eigenvalue weighted by molar-refractivity contribution is 7.15.